The summed E-state index contributed by atoms with van der Waals surface area (Å²) >= 11 is 0. The van der Waals surface area contributed by atoms with E-state index in [9.17, 15) is 28.8 Å². The highest BCUT2D eigenvalue weighted by Gasteiger charge is 2.48. The molecule has 1 heterocycles. The molecule has 2 atom stereocenters. The average molecular weight is 616 g/mol. The van der Waals surface area contributed by atoms with Crippen molar-refractivity contribution in [1.29, 1.82) is 0 Å². The lowest BCUT2D eigenvalue weighted by atomic mass is 9.54. The zero-order valence-corrected chi connectivity index (χ0v) is 26.1. The van der Waals surface area contributed by atoms with E-state index < -0.39 is 47.2 Å². The quantitative estimate of drug-likeness (QED) is 0.274. The van der Waals surface area contributed by atoms with Crippen LogP contribution >= 0.6 is 0 Å². The Morgan fingerprint density at radius 2 is 1.61 bits per heavy atom. The van der Waals surface area contributed by atoms with Gasteiger partial charge in [-0.25, -0.2) is 4.79 Å². The van der Waals surface area contributed by atoms with Gasteiger partial charge < -0.3 is 35.3 Å². The van der Waals surface area contributed by atoms with Crippen LogP contribution in [0.25, 0.3) is 0 Å². The van der Waals surface area contributed by atoms with Gasteiger partial charge in [-0.15, -0.1) is 0 Å². The van der Waals surface area contributed by atoms with Crippen molar-refractivity contribution in [2.24, 2.45) is 23.7 Å². The van der Waals surface area contributed by atoms with Crippen molar-refractivity contribution in [3.05, 3.63) is 28.7 Å². The highest BCUT2D eigenvalue weighted by atomic mass is 16.6. The van der Waals surface area contributed by atoms with Crippen LogP contribution in [0, 0.1) is 23.7 Å². The number of anilines is 1. The summed E-state index contributed by atoms with van der Waals surface area (Å²) in [6, 6.07) is 1.84. The molecule has 0 radical (unpaired) electrons. The fourth-order valence-corrected chi connectivity index (χ4v) is 7.16. The number of aromatic nitrogens is 1. The van der Waals surface area contributed by atoms with E-state index in [1.165, 1.54) is 30.3 Å². The van der Waals surface area contributed by atoms with E-state index in [1.54, 1.807) is 26.8 Å². The number of likely N-dealkylation sites (N-methyl/N-ethyl adjacent to an activating group) is 1. The molecule has 4 amide bonds. The number of rotatable bonds is 11. The second kappa shape index (κ2) is 13.8. The van der Waals surface area contributed by atoms with Crippen LogP contribution < -0.4 is 26.8 Å². The number of carbonyl (C=O) groups excluding carboxylic acids is 5. The number of alkyl carbamates (subject to hydrolysis) is 1. The van der Waals surface area contributed by atoms with Gasteiger partial charge in [-0.2, -0.15) is 0 Å². The van der Waals surface area contributed by atoms with E-state index in [0.717, 1.165) is 44.4 Å². The topological polar surface area (TPSA) is 174 Å². The molecule has 1 aromatic rings. The van der Waals surface area contributed by atoms with Gasteiger partial charge in [0.25, 0.3) is 11.5 Å². The van der Waals surface area contributed by atoms with Gasteiger partial charge in [-0.1, -0.05) is 0 Å². The molecule has 44 heavy (non-hydrogen) atoms. The maximum absolute atomic E-state index is 13.4. The van der Waals surface area contributed by atoms with Crippen LogP contribution in [0.15, 0.2) is 23.1 Å². The van der Waals surface area contributed by atoms with Crippen LogP contribution in [0.2, 0.25) is 0 Å². The van der Waals surface area contributed by atoms with Crippen molar-refractivity contribution >= 4 is 35.5 Å². The van der Waals surface area contributed by atoms with E-state index in [2.05, 4.69) is 21.3 Å². The lowest BCUT2D eigenvalue weighted by molar-refractivity contribution is -0.154. The smallest absolute Gasteiger partial charge is 0.408 e. The van der Waals surface area contributed by atoms with Crippen LogP contribution in [-0.2, 0) is 35.2 Å². The van der Waals surface area contributed by atoms with Crippen LogP contribution in [0.5, 0.6) is 0 Å². The molecule has 4 N–H and O–H groups in total. The molecular formula is C31H45N5O8. The van der Waals surface area contributed by atoms with Crippen molar-refractivity contribution in [1.82, 2.24) is 20.5 Å². The largest absolute Gasteiger partial charge is 0.452 e. The minimum atomic E-state index is -1.25. The molecule has 1 aromatic heterocycles. The van der Waals surface area contributed by atoms with Crippen molar-refractivity contribution in [2.75, 3.05) is 12.4 Å². The molecule has 5 rings (SSSR count). The Morgan fingerprint density at radius 3 is 2.18 bits per heavy atom. The first-order valence-electron chi connectivity index (χ1n) is 15.4. The van der Waals surface area contributed by atoms with E-state index in [-0.39, 0.29) is 37.0 Å². The van der Waals surface area contributed by atoms with Gasteiger partial charge in [-0.3, -0.25) is 24.0 Å². The zero-order valence-electron chi connectivity index (χ0n) is 26.1. The number of nitrogens with zero attached hydrogens (tertiary/aromatic N) is 1. The van der Waals surface area contributed by atoms with E-state index in [1.807, 2.05) is 0 Å². The van der Waals surface area contributed by atoms with Crippen LogP contribution in [0.4, 0.5) is 10.5 Å². The summed E-state index contributed by atoms with van der Waals surface area (Å²) in [6.45, 7) is 5.95. The third kappa shape index (κ3) is 8.60. The minimum absolute atomic E-state index is 0.0845. The van der Waals surface area contributed by atoms with Gasteiger partial charge >= 0.3 is 12.1 Å². The molecule has 4 fully saturated rings. The molecule has 13 heteroatoms. The first kappa shape index (κ1) is 33.0. The number of amides is 4. The number of esters is 1. The Kier molecular flexibility index (Phi) is 10.4. The van der Waals surface area contributed by atoms with E-state index in [0.29, 0.717) is 11.8 Å². The predicted molar refractivity (Wildman–Crippen MR) is 160 cm³/mol. The predicted octanol–water partition coefficient (Wildman–Crippen LogP) is 2.08. The molecule has 0 saturated heterocycles. The van der Waals surface area contributed by atoms with Gasteiger partial charge in [0.15, 0.2) is 6.10 Å². The van der Waals surface area contributed by atoms with Crippen LogP contribution in [-0.4, -0.2) is 65.2 Å². The number of nitrogens with one attached hydrogen (secondary N) is 4. The average Bonchev–Trinajstić information content (AvgIpc) is 2.92. The molecule has 4 saturated carbocycles. The molecule has 4 aliphatic rings. The Balaban J connectivity index is 1.42. The summed E-state index contributed by atoms with van der Waals surface area (Å²) in [4.78, 5) is 76.0. The second-order valence-electron chi connectivity index (χ2n) is 13.4. The van der Waals surface area contributed by atoms with Crippen LogP contribution in [0.3, 0.4) is 0 Å². The first-order valence-corrected chi connectivity index (χ1v) is 15.4. The number of pyridine rings is 1. The highest BCUT2D eigenvalue weighted by Crippen LogP contribution is 2.53. The third-order valence-electron chi connectivity index (χ3n) is 8.72. The Labute approximate surface area is 257 Å². The maximum Gasteiger partial charge on any atom is 0.408 e. The standard InChI is InChI=1S/C31H45N5O8/c1-17(37)43-24(28(40)32-5)9-8-22(34-30(42)44-31(2,3)4)27(39)33-23-7-6-10-36(29(23)41)16-25(38)35-26-20-12-18-11-19(14-20)15-21(26)13-18/h6-7,10,18-22,24,26H,8-9,11-16H2,1-5H3,(H,32,40)(H,33,39)(H,34,42)(H,35,38)/t18?,19?,20?,21?,22-,24?,26?/m0/s1. The first-order chi connectivity index (χ1) is 20.7. The van der Waals surface area contributed by atoms with Gasteiger partial charge in [0, 0.05) is 26.2 Å². The van der Waals surface area contributed by atoms with Gasteiger partial charge in [0.1, 0.15) is 23.9 Å². The van der Waals surface area contributed by atoms with Gasteiger partial charge in [-0.05, 0) is 102 Å². The second-order valence-corrected chi connectivity index (χ2v) is 13.4. The zero-order chi connectivity index (χ0) is 32.2. The van der Waals surface area contributed by atoms with E-state index >= 15 is 0 Å². The fourth-order valence-electron chi connectivity index (χ4n) is 7.16. The fraction of sp³-hybridized carbons (Fsp3) is 0.677. The molecule has 1 unspecified atom stereocenters. The third-order valence-corrected chi connectivity index (χ3v) is 8.72. The Morgan fingerprint density at radius 1 is 0.977 bits per heavy atom. The highest BCUT2D eigenvalue weighted by molar-refractivity contribution is 5.96. The summed E-state index contributed by atoms with van der Waals surface area (Å²) in [7, 11) is 1.38. The van der Waals surface area contributed by atoms with Crippen molar-refractivity contribution in [2.45, 2.75) is 103 Å². The monoisotopic (exact) mass is 615 g/mol. The van der Waals surface area contributed by atoms with Crippen molar-refractivity contribution in [3.63, 3.8) is 0 Å². The molecule has 4 bridgehead atoms. The number of hydrogen-bond donors (Lipinski definition) is 4. The minimum Gasteiger partial charge on any atom is -0.452 e. The number of ether oxygens (including phenoxy) is 2. The van der Waals surface area contributed by atoms with Crippen molar-refractivity contribution in [3.8, 4) is 0 Å². The Hall–Kier alpha value is -3.90. The lowest BCUT2D eigenvalue weighted by Gasteiger charge is -2.54. The summed E-state index contributed by atoms with van der Waals surface area (Å²) in [6.07, 6.45) is 5.12. The van der Waals surface area contributed by atoms with Crippen molar-refractivity contribution < 1.29 is 33.4 Å². The molecule has 13 nitrogen and oxygen atoms in total. The number of carbonyl (C=O) groups is 5. The molecule has 4 aliphatic carbocycles. The maximum atomic E-state index is 13.4. The Bertz CT molecular complexity index is 1290. The normalized spacial score (nSPS) is 24.9. The SMILES string of the molecule is CNC(=O)C(CC[C@H](NC(=O)OC(C)(C)C)C(=O)Nc1cccn(CC(=O)NC2C3CC4CC(C3)CC2C4)c1=O)OC(C)=O. The summed E-state index contributed by atoms with van der Waals surface area (Å²) < 4.78 is 11.6. The summed E-state index contributed by atoms with van der Waals surface area (Å²) in [5.41, 5.74) is -1.52. The molecule has 0 aliphatic heterocycles. The molecule has 0 spiro atoms. The summed E-state index contributed by atoms with van der Waals surface area (Å²) in [5, 5.41) is 10.6. The molecule has 0 aromatic carbocycles. The number of hydrogen-bond acceptors (Lipinski definition) is 8. The molecule has 242 valence electrons. The van der Waals surface area contributed by atoms with Gasteiger partial charge in [0.05, 0.1) is 0 Å². The lowest BCUT2D eigenvalue weighted by Crippen LogP contribution is -2.56. The van der Waals surface area contributed by atoms with E-state index in [4.69, 9.17) is 9.47 Å². The van der Waals surface area contributed by atoms with Gasteiger partial charge in [0.2, 0.25) is 11.8 Å². The summed E-state index contributed by atoms with van der Waals surface area (Å²) in [5.74, 6) is 0.292. The van der Waals surface area contributed by atoms with Crippen LogP contribution in [0.1, 0.15) is 72.6 Å². The molecular weight excluding hydrogens is 570 g/mol.